The fourth-order valence-electron chi connectivity index (χ4n) is 2.50. The molecule has 22 heavy (non-hydrogen) atoms. The molecule has 1 aromatic rings. The molecule has 2 rings (SSSR count). The van der Waals surface area contributed by atoms with Gasteiger partial charge in [0.15, 0.2) is 9.84 Å². The van der Waals surface area contributed by atoms with E-state index in [1.54, 1.807) is 24.3 Å². The number of halogens is 1. The standard InChI is InChI=1S/C15H22N2O3S.ClH/c1-15(8-3-9-16-11-15)14(18)17-10-12-4-6-13(7-5-12)21(2,19)20;/h4-7,16H,3,8-11H2,1-2H3,(H,17,18);1H. The van der Waals surface area contributed by atoms with Crippen LogP contribution in [0.3, 0.4) is 0 Å². The van der Waals surface area contributed by atoms with Crippen LogP contribution in [0.15, 0.2) is 29.2 Å². The van der Waals surface area contributed by atoms with Gasteiger partial charge in [-0.3, -0.25) is 4.79 Å². The number of hydrogen-bond acceptors (Lipinski definition) is 4. The first-order chi connectivity index (χ1) is 9.81. The second kappa shape index (κ2) is 7.44. The number of nitrogens with one attached hydrogen (secondary N) is 2. The number of hydrogen-bond donors (Lipinski definition) is 2. The molecule has 124 valence electrons. The molecule has 1 atom stereocenters. The van der Waals surface area contributed by atoms with Gasteiger partial charge in [0.05, 0.1) is 10.3 Å². The molecular formula is C15H23ClN2O3S. The van der Waals surface area contributed by atoms with E-state index < -0.39 is 9.84 Å². The van der Waals surface area contributed by atoms with E-state index in [9.17, 15) is 13.2 Å². The van der Waals surface area contributed by atoms with Gasteiger partial charge in [-0.15, -0.1) is 12.4 Å². The van der Waals surface area contributed by atoms with Crippen molar-refractivity contribution in [1.29, 1.82) is 0 Å². The van der Waals surface area contributed by atoms with E-state index in [2.05, 4.69) is 10.6 Å². The highest BCUT2D eigenvalue weighted by Crippen LogP contribution is 2.25. The Bertz CT molecular complexity index is 608. The third-order valence-electron chi connectivity index (χ3n) is 3.95. The molecule has 1 saturated heterocycles. The van der Waals surface area contributed by atoms with Crippen LogP contribution in [-0.2, 0) is 21.2 Å². The number of rotatable bonds is 4. The molecule has 1 aliphatic rings. The predicted molar refractivity (Wildman–Crippen MR) is 88.9 cm³/mol. The summed E-state index contributed by atoms with van der Waals surface area (Å²) in [6.07, 6.45) is 3.08. The van der Waals surface area contributed by atoms with Gasteiger partial charge in [-0.1, -0.05) is 12.1 Å². The fourth-order valence-corrected chi connectivity index (χ4v) is 3.13. The van der Waals surface area contributed by atoms with E-state index in [-0.39, 0.29) is 23.7 Å². The molecule has 1 amide bonds. The van der Waals surface area contributed by atoms with Crippen LogP contribution in [0.2, 0.25) is 0 Å². The lowest BCUT2D eigenvalue weighted by atomic mass is 9.82. The van der Waals surface area contributed by atoms with Crippen molar-refractivity contribution in [3.05, 3.63) is 29.8 Å². The van der Waals surface area contributed by atoms with Crippen molar-refractivity contribution in [2.45, 2.75) is 31.2 Å². The molecule has 0 spiro atoms. The van der Waals surface area contributed by atoms with Gasteiger partial charge in [-0.05, 0) is 44.0 Å². The van der Waals surface area contributed by atoms with Crippen LogP contribution in [0.25, 0.3) is 0 Å². The number of carbonyl (C=O) groups excluding carboxylic acids is 1. The molecule has 1 unspecified atom stereocenters. The fraction of sp³-hybridized carbons (Fsp3) is 0.533. The molecule has 1 aromatic carbocycles. The Balaban J connectivity index is 0.00000242. The smallest absolute Gasteiger partial charge is 0.227 e. The summed E-state index contributed by atoms with van der Waals surface area (Å²) < 4.78 is 22.8. The Kier molecular flexibility index (Phi) is 6.40. The lowest BCUT2D eigenvalue weighted by Crippen LogP contribution is -2.48. The van der Waals surface area contributed by atoms with Gasteiger partial charge < -0.3 is 10.6 Å². The van der Waals surface area contributed by atoms with Gasteiger partial charge >= 0.3 is 0 Å². The van der Waals surface area contributed by atoms with E-state index in [1.165, 1.54) is 6.26 Å². The number of benzene rings is 1. The summed E-state index contributed by atoms with van der Waals surface area (Å²) in [5.41, 5.74) is 0.536. The minimum atomic E-state index is -3.17. The number of sulfone groups is 1. The molecule has 0 aromatic heterocycles. The van der Waals surface area contributed by atoms with Crippen LogP contribution in [0.4, 0.5) is 0 Å². The molecular weight excluding hydrogens is 324 g/mol. The highest BCUT2D eigenvalue weighted by atomic mass is 35.5. The molecule has 0 saturated carbocycles. The Morgan fingerprint density at radius 1 is 1.32 bits per heavy atom. The van der Waals surface area contributed by atoms with Gasteiger partial charge in [-0.2, -0.15) is 0 Å². The molecule has 1 fully saturated rings. The Morgan fingerprint density at radius 3 is 2.45 bits per heavy atom. The summed E-state index contributed by atoms with van der Waals surface area (Å²) in [6.45, 7) is 4.06. The van der Waals surface area contributed by atoms with E-state index in [4.69, 9.17) is 0 Å². The third-order valence-corrected chi connectivity index (χ3v) is 5.08. The average molecular weight is 347 g/mol. The van der Waals surface area contributed by atoms with Gasteiger partial charge in [-0.25, -0.2) is 8.42 Å². The summed E-state index contributed by atoms with van der Waals surface area (Å²) in [5.74, 6) is 0.0434. The van der Waals surface area contributed by atoms with Crippen molar-refractivity contribution in [1.82, 2.24) is 10.6 Å². The minimum absolute atomic E-state index is 0. The highest BCUT2D eigenvalue weighted by molar-refractivity contribution is 7.90. The average Bonchev–Trinajstić information content (AvgIpc) is 2.45. The van der Waals surface area contributed by atoms with Crippen LogP contribution in [0.1, 0.15) is 25.3 Å². The first-order valence-corrected chi connectivity index (χ1v) is 8.98. The summed E-state index contributed by atoms with van der Waals surface area (Å²) in [6, 6.07) is 6.61. The lowest BCUT2D eigenvalue weighted by molar-refractivity contribution is -0.131. The van der Waals surface area contributed by atoms with E-state index in [1.807, 2.05) is 6.92 Å². The Morgan fingerprint density at radius 2 is 1.95 bits per heavy atom. The first-order valence-electron chi connectivity index (χ1n) is 7.09. The zero-order valence-corrected chi connectivity index (χ0v) is 14.5. The summed E-state index contributed by atoms with van der Waals surface area (Å²) in [7, 11) is -3.17. The van der Waals surface area contributed by atoms with Gasteiger partial charge in [0.2, 0.25) is 5.91 Å². The quantitative estimate of drug-likeness (QED) is 0.866. The molecule has 0 radical (unpaired) electrons. The van der Waals surface area contributed by atoms with Gasteiger partial charge in [0.1, 0.15) is 0 Å². The van der Waals surface area contributed by atoms with Crippen molar-refractivity contribution in [2.24, 2.45) is 5.41 Å². The maximum atomic E-state index is 12.3. The lowest BCUT2D eigenvalue weighted by Gasteiger charge is -2.32. The zero-order valence-electron chi connectivity index (χ0n) is 12.9. The maximum absolute atomic E-state index is 12.3. The summed E-state index contributed by atoms with van der Waals surface area (Å²) in [5, 5.41) is 6.19. The summed E-state index contributed by atoms with van der Waals surface area (Å²) >= 11 is 0. The molecule has 2 N–H and O–H groups in total. The van der Waals surface area contributed by atoms with Crippen LogP contribution < -0.4 is 10.6 Å². The van der Waals surface area contributed by atoms with Crippen molar-refractivity contribution in [3.63, 3.8) is 0 Å². The molecule has 0 bridgehead atoms. The van der Waals surface area contributed by atoms with E-state index >= 15 is 0 Å². The maximum Gasteiger partial charge on any atom is 0.227 e. The summed E-state index contributed by atoms with van der Waals surface area (Å²) in [4.78, 5) is 12.6. The second-order valence-corrected chi connectivity index (χ2v) is 7.96. The number of carbonyl (C=O) groups is 1. The molecule has 1 heterocycles. The van der Waals surface area contributed by atoms with Gasteiger partial charge in [0.25, 0.3) is 0 Å². The largest absolute Gasteiger partial charge is 0.352 e. The number of piperidine rings is 1. The molecule has 7 heteroatoms. The highest BCUT2D eigenvalue weighted by Gasteiger charge is 2.34. The van der Waals surface area contributed by atoms with Crippen molar-refractivity contribution in [2.75, 3.05) is 19.3 Å². The van der Waals surface area contributed by atoms with E-state index in [0.29, 0.717) is 18.0 Å². The predicted octanol–water partition coefficient (Wildman–Crippen LogP) is 1.52. The van der Waals surface area contributed by atoms with Gasteiger partial charge in [0, 0.05) is 19.3 Å². The van der Waals surface area contributed by atoms with Crippen molar-refractivity contribution in [3.8, 4) is 0 Å². The molecule has 5 nitrogen and oxygen atoms in total. The monoisotopic (exact) mass is 346 g/mol. The SMILES string of the molecule is CC1(C(=O)NCc2ccc(S(C)(=O)=O)cc2)CCCNC1.Cl. The van der Waals surface area contributed by atoms with Crippen molar-refractivity contribution < 1.29 is 13.2 Å². The molecule has 1 aliphatic heterocycles. The van der Waals surface area contributed by atoms with Crippen LogP contribution in [-0.4, -0.2) is 33.7 Å². The minimum Gasteiger partial charge on any atom is -0.352 e. The third kappa shape index (κ3) is 4.69. The first kappa shape index (κ1) is 18.9. The zero-order chi connectivity index (χ0) is 15.5. The topological polar surface area (TPSA) is 75.3 Å². The Hall–Kier alpha value is -1.11. The Labute approximate surface area is 138 Å². The van der Waals surface area contributed by atoms with Crippen LogP contribution in [0.5, 0.6) is 0 Å². The van der Waals surface area contributed by atoms with Crippen molar-refractivity contribution >= 4 is 28.2 Å². The van der Waals surface area contributed by atoms with Crippen LogP contribution in [0, 0.1) is 5.41 Å². The normalized spacial score (nSPS) is 21.7. The second-order valence-electron chi connectivity index (χ2n) is 5.94. The number of amides is 1. The molecule has 0 aliphatic carbocycles. The van der Waals surface area contributed by atoms with E-state index in [0.717, 1.165) is 24.9 Å². The van der Waals surface area contributed by atoms with Crippen LogP contribution >= 0.6 is 12.4 Å².